The van der Waals surface area contributed by atoms with Crippen LogP contribution in [-0.2, 0) is 11.2 Å². The normalized spacial score (nSPS) is 12.1. The molecule has 0 spiro atoms. The van der Waals surface area contributed by atoms with Gasteiger partial charge in [0.05, 0.1) is 11.2 Å². The van der Waals surface area contributed by atoms with Crippen LogP contribution in [0.5, 0.6) is 0 Å². The zero-order chi connectivity index (χ0) is 14.4. The van der Waals surface area contributed by atoms with Gasteiger partial charge in [-0.3, -0.25) is 4.79 Å². The number of carbonyl (C=O) groups excluding carboxylic acids is 1. The van der Waals surface area contributed by atoms with Crippen LogP contribution in [0.1, 0.15) is 30.5 Å². The number of hydrogen-bond donors (Lipinski definition) is 1. The third kappa shape index (κ3) is 4.42. The van der Waals surface area contributed by atoms with E-state index in [0.29, 0.717) is 13.0 Å². The van der Waals surface area contributed by atoms with Crippen LogP contribution < -0.4 is 5.32 Å². The molecule has 3 nitrogen and oxygen atoms in total. The average molecular weight is 292 g/mol. The molecule has 0 fully saturated rings. The first-order chi connectivity index (χ1) is 9.65. The molecule has 20 heavy (non-hydrogen) atoms. The van der Waals surface area contributed by atoms with Crippen LogP contribution in [0, 0.1) is 5.82 Å². The predicted octanol–water partition coefficient (Wildman–Crippen LogP) is 3.13. The highest BCUT2D eigenvalue weighted by Crippen LogP contribution is 2.18. The van der Waals surface area contributed by atoms with Crippen molar-refractivity contribution in [3.63, 3.8) is 0 Å². The fraction of sp³-hybridized carbons (Fsp3) is 0.333. The molecule has 1 amide bonds. The second-order valence-electron chi connectivity index (χ2n) is 4.74. The molecule has 1 aromatic heterocycles. The van der Waals surface area contributed by atoms with E-state index in [9.17, 15) is 9.18 Å². The lowest BCUT2D eigenvalue weighted by Crippen LogP contribution is -2.26. The van der Waals surface area contributed by atoms with E-state index in [0.717, 1.165) is 17.7 Å². The smallest absolute Gasteiger partial charge is 0.220 e. The number of hydrogen-bond acceptors (Lipinski definition) is 3. The molecular weight excluding hydrogens is 275 g/mol. The Morgan fingerprint density at radius 3 is 2.80 bits per heavy atom. The summed E-state index contributed by atoms with van der Waals surface area (Å²) >= 11 is 1.55. The van der Waals surface area contributed by atoms with Crippen molar-refractivity contribution in [1.82, 2.24) is 10.3 Å². The van der Waals surface area contributed by atoms with Crippen LogP contribution in [0.4, 0.5) is 4.39 Å². The summed E-state index contributed by atoms with van der Waals surface area (Å²) in [4.78, 5) is 16.0. The molecule has 1 N–H and O–H groups in total. The lowest BCUT2D eigenvalue weighted by atomic mass is 9.97. The molecule has 2 aromatic rings. The first-order valence-corrected chi connectivity index (χ1v) is 7.48. The van der Waals surface area contributed by atoms with Crippen molar-refractivity contribution in [3.05, 3.63) is 52.2 Å². The van der Waals surface area contributed by atoms with Gasteiger partial charge in [-0.05, 0) is 23.6 Å². The molecule has 0 saturated carbocycles. The molecule has 0 saturated heterocycles. The van der Waals surface area contributed by atoms with E-state index < -0.39 is 0 Å². The standard InChI is InChI=1S/C15H17FN2OS/c1-11(12-2-4-13(16)5-3-12)8-15(19)17-7-6-14-9-20-10-18-14/h2-5,9-11H,6-8H2,1H3,(H,17,19). The lowest BCUT2D eigenvalue weighted by Gasteiger charge is -2.11. The minimum atomic E-state index is -0.256. The number of carbonyl (C=O) groups is 1. The van der Waals surface area contributed by atoms with Crippen molar-refractivity contribution in [2.75, 3.05) is 6.54 Å². The van der Waals surface area contributed by atoms with E-state index in [-0.39, 0.29) is 17.6 Å². The van der Waals surface area contributed by atoms with Gasteiger partial charge in [0.2, 0.25) is 5.91 Å². The predicted molar refractivity (Wildman–Crippen MR) is 78.3 cm³/mol. The van der Waals surface area contributed by atoms with Gasteiger partial charge in [-0.1, -0.05) is 19.1 Å². The maximum absolute atomic E-state index is 12.8. The third-order valence-corrected chi connectivity index (χ3v) is 3.75. The van der Waals surface area contributed by atoms with Crippen molar-refractivity contribution >= 4 is 17.2 Å². The molecule has 0 aliphatic heterocycles. The van der Waals surface area contributed by atoms with Gasteiger partial charge in [0.15, 0.2) is 0 Å². The highest BCUT2D eigenvalue weighted by molar-refractivity contribution is 7.07. The fourth-order valence-corrected chi connectivity index (χ4v) is 2.54. The van der Waals surface area contributed by atoms with E-state index in [1.165, 1.54) is 12.1 Å². The Balaban J connectivity index is 1.74. The average Bonchev–Trinajstić information content (AvgIpc) is 2.92. The van der Waals surface area contributed by atoms with Gasteiger partial charge in [0.25, 0.3) is 0 Å². The number of aromatic nitrogens is 1. The molecule has 1 heterocycles. The molecule has 0 aliphatic rings. The van der Waals surface area contributed by atoms with Crippen molar-refractivity contribution in [3.8, 4) is 0 Å². The minimum Gasteiger partial charge on any atom is -0.356 e. The SMILES string of the molecule is CC(CC(=O)NCCc1cscn1)c1ccc(F)cc1. The number of halogens is 1. The minimum absolute atomic E-state index is 0.0112. The molecule has 5 heteroatoms. The van der Waals surface area contributed by atoms with E-state index in [1.54, 1.807) is 29.0 Å². The fourth-order valence-electron chi connectivity index (χ4n) is 1.95. The third-order valence-electron chi connectivity index (χ3n) is 3.12. The van der Waals surface area contributed by atoms with Crippen molar-refractivity contribution in [2.45, 2.75) is 25.7 Å². The lowest BCUT2D eigenvalue weighted by molar-refractivity contribution is -0.121. The summed E-state index contributed by atoms with van der Waals surface area (Å²) in [6.07, 6.45) is 1.16. The molecule has 1 aromatic carbocycles. The second kappa shape index (κ2) is 7.14. The first kappa shape index (κ1) is 14.7. The maximum atomic E-state index is 12.8. The Hall–Kier alpha value is -1.75. The largest absolute Gasteiger partial charge is 0.356 e. The summed E-state index contributed by atoms with van der Waals surface area (Å²) in [5, 5.41) is 4.86. The molecule has 0 aliphatic carbocycles. The van der Waals surface area contributed by atoms with Crippen LogP contribution in [0.3, 0.4) is 0 Å². The van der Waals surface area contributed by atoms with Gasteiger partial charge in [-0.15, -0.1) is 11.3 Å². The molecule has 1 atom stereocenters. The number of thiazole rings is 1. The van der Waals surface area contributed by atoms with Crippen molar-refractivity contribution in [1.29, 1.82) is 0 Å². The van der Waals surface area contributed by atoms with Crippen LogP contribution in [0.15, 0.2) is 35.2 Å². The van der Waals surface area contributed by atoms with Crippen LogP contribution in [-0.4, -0.2) is 17.4 Å². The zero-order valence-corrected chi connectivity index (χ0v) is 12.1. The first-order valence-electron chi connectivity index (χ1n) is 6.54. The molecule has 0 bridgehead atoms. The number of benzene rings is 1. The van der Waals surface area contributed by atoms with Crippen LogP contribution in [0.2, 0.25) is 0 Å². The quantitative estimate of drug-likeness (QED) is 0.888. The topological polar surface area (TPSA) is 42.0 Å². The summed E-state index contributed by atoms with van der Waals surface area (Å²) in [5.74, 6) is -0.166. The number of rotatable bonds is 6. The Kier molecular flexibility index (Phi) is 5.24. The van der Waals surface area contributed by atoms with Crippen molar-refractivity contribution < 1.29 is 9.18 Å². The molecular formula is C15H17FN2OS. The van der Waals surface area contributed by atoms with Crippen LogP contribution in [0.25, 0.3) is 0 Å². The Bertz CT molecular complexity index is 540. The highest BCUT2D eigenvalue weighted by Gasteiger charge is 2.11. The van der Waals surface area contributed by atoms with E-state index in [2.05, 4.69) is 10.3 Å². The highest BCUT2D eigenvalue weighted by atomic mass is 32.1. The molecule has 106 valence electrons. The zero-order valence-electron chi connectivity index (χ0n) is 11.3. The van der Waals surface area contributed by atoms with Crippen LogP contribution >= 0.6 is 11.3 Å². The summed E-state index contributed by atoms with van der Waals surface area (Å²) in [6.45, 7) is 2.56. The van der Waals surface area contributed by atoms with Gasteiger partial charge in [0.1, 0.15) is 5.82 Å². The van der Waals surface area contributed by atoms with Gasteiger partial charge < -0.3 is 5.32 Å². The van der Waals surface area contributed by atoms with Gasteiger partial charge in [-0.25, -0.2) is 9.37 Å². The second-order valence-corrected chi connectivity index (χ2v) is 5.46. The van der Waals surface area contributed by atoms with Gasteiger partial charge >= 0.3 is 0 Å². The Labute approximate surface area is 121 Å². The van der Waals surface area contributed by atoms with Gasteiger partial charge in [0, 0.05) is 24.8 Å². The number of nitrogens with one attached hydrogen (secondary N) is 1. The Morgan fingerprint density at radius 2 is 2.15 bits per heavy atom. The summed E-state index contributed by atoms with van der Waals surface area (Å²) in [7, 11) is 0. The molecule has 1 unspecified atom stereocenters. The van der Waals surface area contributed by atoms with E-state index >= 15 is 0 Å². The van der Waals surface area contributed by atoms with E-state index in [4.69, 9.17) is 0 Å². The Morgan fingerprint density at radius 1 is 1.40 bits per heavy atom. The maximum Gasteiger partial charge on any atom is 0.220 e. The molecule has 2 rings (SSSR count). The van der Waals surface area contributed by atoms with Gasteiger partial charge in [-0.2, -0.15) is 0 Å². The number of amides is 1. The number of nitrogens with zero attached hydrogens (tertiary/aromatic N) is 1. The summed E-state index contributed by atoms with van der Waals surface area (Å²) < 4.78 is 12.8. The summed E-state index contributed by atoms with van der Waals surface area (Å²) in [5.41, 5.74) is 3.76. The molecule has 0 radical (unpaired) electrons. The monoisotopic (exact) mass is 292 g/mol. The van der Waals surface area contributed by atoms with E-state index in [1.807, 2.05) is 12.3 Å². The van der Waals surface area contributed by atoms with Crippen molar-refractivity contribution in [2.24, 2.45) is 0 Å². The summed E-state index contributed by atoms with van der Waals surface area (Å²) in [6, 6.07) is 6.29.